The average molecular weight is 445 g/mol. The van der Waals surface area contributed by atoms with Gasteiger partial charge in [-0.2, -0.15) is 0 Å². The SMILES string of the molecule is O=C(NC1CCN(Cc2cccc(O)c2)CC1)[C@](O)(c1ccccc1)[C@@H]1CCC(F)(F)C1. The topological polar surface area (TPSA) is 72.8 Å². The lowest BCUT2D eigenvalue weighted by Crippen LogP contribution is -2.54. The molecule has 7 heteroatoms. The number of phenols is 1. The second-order valence-corrected chi connectivity index (χ2v) is 9.12. The molecule has 1 aliphatic heterocycles. The van der Waals surface area contributed by atoms with Crippen LogP contribution >= 0.6 is 0 Å². The summed E-state index contributed by atoms with van der Waals surface area (Å²) < 4.78 is 27.9. The smallest absolute Gasteiger partial charge is 0.257 e. The van der Waals surface area contributed by atoms with E-state index in [1.165, 1.54) is 0 Å². The van der Waals surface area contributed by atoms with Gasteiger partial charge in [-0.25, -0.2) is 8.78 Å². The van der Waals surface area contributed by atoms with Crippen molar-refractivity contribution in [3.8, 4) is 5.75 Å². The molecule has 2 aromatic carbocycles. The summed E-state index contributed by atoms with van der Waals surface area (Å²) in [7, 11) is 0. The van der Waals surface area contributed by atoms with Gasteiger partial charge in [0, 0.05) is 44.4 Å². The highest BCUT2D eigenvalue weighted by molar-refractivity contribution is 5.87. The molecule has 0 bridgehead atoms. The van der Waals surface area contributed by atoms with Crippen molar-refractivity contribution in [1.82, 2.24) is 10.2 Å². The highest BCUT2D eigenvalue weighted by atomic mass is 19.3. The van der Waals surface area contributed by atoms with Crippen LogP contribution in [0.4, 0.5) is 8.78 Å². The molecular weight excluding hydrogens is 414 g/mol. The van der Waals surface area contributed by atoms with Crippen molar-refractivity contribution < 1.29 is 23.8 Å². The summed E-state index contributed by atoms with van der Waals surface area (Å²) >= 11 is 0. The number of halogens is 2. The van der Waals surface area contributed by atoms with Crippen molar-refractivity contribution in [2.24, 2.45) is 5.92 Å². The lowest BCUT2D eigenvalue weighted by Gasteiger charge is -2.37. The molecule has 2 aromatic rings. The fourth-order valence-electron chi connectivity index (χ4n) is 4.99. The van der Waals surface area contributed by atoms with E-state index in [-0.39, 0.29) is 24.6 Å². The van der Waals surface area contributed by atoms with E-state index in [4.69, 9.17) is 0 Å². The van der Waals surface area contributed by atoms with Gasteiger partial charge in [0.1, 0.15) is 5.75 Å². The van der Waals surface area contributed by atoms with Crippen molar-refractivity contribution in [2.75, 3.05) is 13.1 Å². The highest BCUT2D eigenvalue weighted by Gasteiger charge is 2.53. The van der Waals surface area contributed by atoms with Crippen molar-refractivity contribution in [2.45, 2.75) is 56.2 Å². The molecule has 2 atom stereocenters. The molecule has 32 heavy (non-hydrogen) atoms. The normalized spacial score (nSPS) is 23.5. The zero-order valence-corrected chi connectivity index (χ0v) is 18.0. The second kappa shape index (κ2) is 9.16. The Morgan fingerprint density at radius 3 is 2.44 bits per heavy atom. The van der Waals surface area contributed by atoms with Gasteiger partial charge in [-0.05, 0) is 42.5 Å². The number of alkyl halides is 2. The van der Waals surface area contributed by atoms with E-state index >= 15 is 0 Å². The van der Waals surface area contributed by atoms with Gasteiger partial charge in [0.05, 0.1) is 0 Å². The molecule has 1 amide bonds. The Balaban J connectivity index is 1.41. The fourth-order valence-corrected chi connectivity index (χ4v) is 4.99. The van der Waals surface area contributed by atoms with Crippen molar-refractivity contribution in [3.05, 3.63) is 65.7 Å². The highest BCUT2D eigenvalue weighted by Crippen LogP contribution is 2.47. The third-order valence-corrected chi connectivity index (χ3v) is 6.79. The molecule has 172 valence electrons. The van der Waals surface area contributed by atoms with Crippen LogP contribution < -0.4 is 5.32 Å². The molecule has 1 saturated heterocycles. The Bertz CT molecular complexity index is 932. The number of nitrogens with zero attached hydrogens (tertiary/aromatic N) is 1. The molecule has 0 unspecified atom stereocenters. The minimum absolute atomic E-state index is 0.105. The zero-order valence-electron chi connectivity index (χ0n) is 18.0. The molecular formula is C25H30F2N2O3. The lowest BCUT2D eigenvalue weighted by molar-refractivity contribution is -0.149. The minimum Gasteiger partial charge on any atom is -0.508 e. The van der Waals surface area contributed by atoms with Gasteiger partial charge in [0.25, 0.3) is 5.91 Å². The monoisotopic (exact) mass is 444 g/mol. The maximum Gasteiger partial charge on any atom is 0.257 e. The fraction of sp³-hybridized carbons (Fsp3) is 0.480. The summed E-state index contributed by atoms with van der Waals surface area (Å²) in [4.78, 5) is 15.5. The maximum atomic E-state index is 13.9. The first-order valence-corrected chi connectivity index (χ1v) is 11.2. The standard InChI is InChI=1S/C25H30F2N2O3/c26-24(27)12-9-20(16-24)25(32,19-6-2-1-3-7-19)23(31)28-21-10-13-29(14-11-21)17-18-5-4-8-22(30)15-18/h1-8,15,20-21,30,32H,9-14,16-17H2,(H,28,31)/t20-,25+/m1/s1. The van der Waals surface area contributed by atoms with Gasteiger partial charge >= 0.3 is 0 Å². The van der Waals surface area contributed by atoms with Gasteiger partial charge < -0.3 is 15.5 Å². The maximum absolute atomic E-state index is 13.9. The largest absolute Gasteiger partial charge is 0.508 e. The molecule has 1 aliphatic carbocycles. The molecule has 1 saturated carbocycles. The molecule has 5 nitrogen and oxygen atoms in total. The number of hydrogen-bond acceptors (Lipinski definition) is 4. The van der Waals surface area contributed by atoms with E-state index in [2.05, 4.69) is 10.2 Å². The number of nitrogens with one attached hydrogen (secondary N) is 1. The van der Waals surface area contributed by atoms with Gasteiger partial charge in [-0.1, -0.05) is 42.5 Å². The van der Waals surface area contributed by atoms with E-state index in [0.29, 0.717) is 24.9 Å². The predicted molar refractivity (Wildman–Crippen MR) is 117 cm³/mol. The number of rotatable bonds is 6. The van der Waals surface area contributed by atoms with E-state index < -0.39 is 29.8 Å². The molecule has 2 fully saturated rings. The Kier molecular flexibility index (Phi) is 6.49. The molecule has 3 N–H and O–H groups in total. The molecule has 0 spiro atoms. The number of aromatic hydroxyl groups is 1. The van der Waals surface area contributed by atoms with Crippen LogP contribution in [0.15, 0.2) is 54.6 Å². The Hall–Kier alpha value is -2.51. The van der Waals surface area contributed by atoms with Crippen LogP contribution in [0.25, 0.3) is 0 Å². The third-order valence-electron chi connectivity index (χ3n) is 6.79. The average Bonchev–Trinajstić information content (AvgIpc) is 3.15. The number of aliphatic hydroxyl groups is 1. The van der Waals surface area contributed by atoms with Gasteiger partial charge in [0.2, 0.25) is 5.92 Å². The van der Waals surface area contributed by atoms with Crippen molar-refractivity contribution in [3.63, 3.8) is 0 Å². The van der Waals surface area contributed by atoms with Crippen LogP contribution in [0.1, 0.15) is 43.2 Å². The quantitative estimate of drug-likeness (QED) is 0.634. The van der Waals surface area contributed by atoms with E-state index in [0.717, 1.165) is 18.7 Å². The van der Waals surface area contributed by atoms with E-state index in [9.17, 15) is 23.8 Å². The van der Waals surface area contributed by atoms with Crippen LogP contribution in [0.3, 0.4) is 0 Å². The number of benzene rings is 2. The Morgan fingerprint density at radius 2 is 1.81 bits per heavy atom. The summed E-state index contributed by atoms with van der Waals surface area (Å²) in [6, 6.07) is 15.5. The van der Waals surface area contributed by atoms with Crippen LogP contribution in [0, 0.1) is 5.92 Å². The predicted octanol–water partition coefficient (Wildman–Crippen LogP) is 3.80. The number of hydrogen-bond donors (Lipinski definition) is 3. The minimum atomic E-state index is -2.86. The number of phenolic OH excluding ortho intramolecular Hbond substituents is 1. The van der Waals surface area contributed by atoms with Crippen LogP contribution in [0.2, 0.25) is 0 Å². The molecule has 0 radical (unpaired) electrons. The summed E-state index contributed by atoms with van der Waals surface area (Å²) in [5.74, 6) is -4.03. The lowest BCUT2D eigenvalue weighted by atomic mass is 9.79. The summed E-state index contributed by atoms with van der Waals surface area (Å²) in [5, 5.41) is 24.1. The first-order chi connectivity index (χ1) is 15.3. The van der Waals surface area contributed by atoms with Crippen molar-refractivity contribution >= 4 is 5.91 Å². The van der Waals surface area contributed by atoms with E-state index in [1.807, 2.05) is 12.1 Å². The first kappa shape index (κ1) is 22.7. The molecule has 4 rings (SSSR count). The molecule has 2 aliphatic rings. The Morgan fingerprint density at radius 1 is 1.09 bits per heavy atom. The van der Waals surface area contributed by atoms with Crippen molar-refractivity contribution in [1.29, 1.82) is 0 Å². The summed E-state index contributed by atoms with van der Waals surface area (Å²) in [5.41, 5.74) is -0.588. The van der Waals surface area contributed by atoms with E-state index in [1.54, 1.807) is 42.5 Å². The summed E-state index contributed by atoms with van der Waals surface area (Å²) in [6.07, 6.45) is 0.711. The number of piperidine rings is 1. The number of carbonyl (C=O) groups excluding carboxylic acids is 1. The number of carbonyl (C=O) groups is 1. The zero-order chi connectivity index (χ0) is 22.8. The summed E-state index contributed by atoms with van der Waals surface area (Å²) in [6.45, 7) is 2.22. The van der Waals surface area contributed by atoms with Gasteiger partial charge in [-0.15, -0.1) is 0 Å². The van der Waals surface area contributed by atoms with Gasteiger partial charge in [0.15, 0.2) is 5.60 Å². The first-order valence-electron chi connectivity index (χ1n) is 11.2. The second-order valence-electron chi connectivity index (χ2n) is 9.12. The van der Waals surface area contributed by atoms with Gasteiger partial charge in [-0.3, -0.25) is 9.69 Å². The third kappa shape index (κ3) is 4.94. The van der Waals surface area contributed by atoms with Crippen LogP contribution in [0.5, 0.6) is 5.75 Å². The van der Waals surface area contributed by atoms with Crippen LogP contribution in [-0.4, -0.2) is 46.1 Å². The Labute approximate surface area is 187 Å². The number of amides is 1. The molecule has 1 heterocycles. The van der Waals surface area contributed by atoms with Crippen LogP contribution in [-0.2, 0) is 16.9 Å². The molecule has 0 aromatic heterocycles. The number of likely N-dealkylation sites (tertiary alicyclic amines) is 1.